The van der Waals surface area contributed by atoms with Gasteiger partial charge < -0.3 is 19.6 Å². The molecule has 1 amide bonds. The summed E-state index contributed by atoms with van der Waals surface area (Å²) in [6, 6.07) is 3.75. The normalized spacial score (nSPS) is 12.0. The molecule has 6 nitrogen and oxygen atoms in total. The molecular weight excluding hydrogens is 327 g/mol. The fourth-order valence-corrected chi connectivity index (χ4v) is 1.92. The van der Waals surface area contributed by atoms with Gasteiger partial charge in [0.2, 0.25) is 5.89 Å². The van der Waals surface area contributed by atoms with E-state index < -0.39 is 17.8 Å². The lowest BCUT2D eigenvalue weighted by Crippen LogP contribution is -2.26. The van der Waals surface area contributed by atoms with E-state index in [1.54, 1.807) is 6.92 Å². The van der Waals surface area contributed by atoms with Crippen LogP contribution in [-0.4, -0.2) is 28.6 Å². The maximum absolute atomic E-state index is 12.9. The number of nitrogens with zero attached hydrogens (tertiary/aromatic N) is 1. The van der Waals surface area contributed by atoms with Crippen molar-refractivity contribution in [1.29, 1.82) is 0 Å². The van der Waals surface area contributed by atoms with E-state index in [0.29, 0.717) is 13.0 Å². The molecule has 2 aromatic rings. The SMILES string of the molecule is CC(O)CCNC(=O)c1coc(COc2ccc(F)cc2Cl)n1. The predicted molar refractivity (Wildman–Crippen MR) is 80.9 cm³/mol. The Morgan fingerprint density at radius 1 is 1.57 bits per heavy atom. The van der Waals surface area contributed by atoms with Crippen LogP contribution in [0.5, 0.6) is 5.75 Å². The van der Waals surface area contributed by atoms with E-state index in [-0.39, 0.29) is 29.0 Å². The predicted octanol–water partition coefficient (Wildman–Crippen LogP) is 2.55. The molecule has 124 valence electrons. The quantitative estimate of drug-likeness (QED) is 0.807. The van der Waals surface area contributed by atoms with E-state index in [1.165, 1.54) is 18.4 Å². The van der Waals surface area contributed by atoms with Gasteiger partial charge in [0.05, 0.1) is 11.1 Å². The molecule has 0 radical (unpaired) electrons. The molecule has 2 rings (SSSR count). The largest absolute Gasteiger partial charge is 0.482 e. The van der Waals surface area contributed by atoms with Crippen LogP contribution in [0.4, 0.5) is 4.39 Å². The third-order valence-corrected chi connectivity index (χ3v) is 3.17. The van der Waals surface area contributed by atoms with Crippen molar-refractivity contribution in [2.24, 2.45) is 0 Å². The first-order valence-corrected chi connectivity index (χ1v) is 7.32. The first-order valence-electron chi connectivity index (χ1n) is 6.94. The Labute approximate surface area is 137 Å². The molecule has 0 saturated carbocycles. The lowest BCUT2D eigenvalue weighted by atomic mass is 10.3. The molecule has 1 unspecified atom stereocenters. The molecule has 1 heterocycles. The van der Waals surface area contributed by atoms with E-state index in [2.05, 4.69) is 10.3 Å². The Balaban J connectivity index is 1.88. The van der Waals surface area contributed by atoms with Crippen LogP contribution in [0.2, 0.25) is 5.02 Å². The lowest BCUT2D eigenvalue weighted by Gasteiger charge is -2.05. The van der Waals surface area contributed by atoms with Crippen molar-refractivity contribution >= 4 is 17.5 Å². The summed E-state index contributed by atoms with van der Waals surface area (Å²) in [6.07, 6.45) is 1.17. The number of nitrogens with one attached hydrogen (secondary N) is 1. The average molecular weight is 343 g/mol. The number of aliphatic hydroxyl groups excluding tert-OH is 1. The van der Waals surface area contributed by atoms with Crippen molar-refractivity contribution < 1.29 is 23.4 Å². The Bertz CT molecular complexity index is 675. The number of hydrogen-bond acceptors (Lipinski definition) is 5. The van der Waals surface area contributed by atoms with Crippen LogP contribution in [0.15, 0.2) is 28.9 Å². The number of rotatable bonds is 7. The van der Waals surface area contributed by atoms with Crippen LogP contribution in [-0.2, 0) is 6.61 Å². The molecule has 1 aromatic carbocycles. The summed E-state index contributed by atoms with van der Waals surface area (Å²) >= 11 is 5.83. The fourth-order valence-electron chi connectivity index (χ4n) is 1.70. The minimum atomic E-state index is -0.489. The second-order valence-corrected chi connectivity index (χ2v) is 5.29. The van der Waals surface area contributed by atoms with Gasteiger partial charge in [0.1, 0.15) is 17.8 Å². The number of carbonyl (C=O) groups excluding carboxylic acids is 1. The Morgan fingerprint density at radius 3 is 3.04 bits per heavy atom. The minimum absolute atomic E-state index is 0.0493. The van der Waals surface area contributed by atoms with E-state index in [0.717, 1.165) is 6.07 Å². The number of aliphatic hydroxyl groups is 1. The average Bonchev–Trinajstić information content (AvgIpc) is 2.95. The molecule has 0 aliphatic heterocycles. The van der Waals surface area contributed by atoms with E-state index in [9.17, 15) is 9.18 Å². The maximum atomic E-state index is 12.9. The van der Waals surface area contributed by atoms with E-state index in [1.807, 2.05) is 0 Å². The molecular formula is C15H16ClFN2O4. The standard InChI is InChI=1S/C15H16ClFN2O4/c1-9(20)4-5-18-15(21)12-7-23-14(19-12)8-22-13-3-2-10(17)6-11(13)16/h2-3,6-7,9,20H,4-5,8H2,1H3,(H,18,21). The highest BCUT2D eigenvalue weighted by Gasteiger charge is 2.13. The van der Waals surface area contributed by atoms with Gasteiger partial charge in [-0.1, -0.05) is 11.6 Å². The van der Waals surface area contributed by atoms with Gasteiger partial charge in [-0.25, -0.2) is 9.37 Å². The number of halogens is 2. The van der Waals surface area contributed by atoms with Crippen molar-refractivity contribution in [3.05, 3.63) is 46.9 Å². The fraction of sp³-hybridized carbons (Fsp3) is 0.333. The van der Waals surface area contributed by atoms with Gasteiger partial charge in [-0.3, -0.25) is 4.79 Å². The smallest absolute Gasteiger partial charge is 0.273 e. The van der Waals surface area contributed by atoms with Crippen molar-refractivity contribution in [3.8, 4) is 5.75 Å². The second kappa shape index (κ2) is 7.94. The molecule has 0 fully saturated rings. The summed E-state index contributed by atoms with van der Waals surface area (Å²) in [5, 5.41) is 11.9. The van der Waals surface area contributed by atoms with E-state index >= 15 is 0 Å². The van der Waals surface area contributed by atoms with Crippen LogP contribution in [0, 0.1) is 5.82 Å². The number of benzene rings is 1. The molecule has 23 heavy (non-hydrogen) atoms. The highest BCUT2D eigenvalue weighted by Crippen LogP contribution is 2.25. The third-order valence-electron chi connectivity index (χ3n) is 2.88. The zero-order valence-corrected chi connectivity index (χ0v) is 13.1. The Morgan fingerprint density at radius 2 is 2.35 bits per heavy atom. The second-order valence-electron chi connectivity index (χ2n) is 4.88. The van der Waals surface area contributed by atoms with Crippen molar-refractivity contribution in [1.82, 2.24) is 10.3 Å². The Hall–Kier alpha value is -2.12. The molecule has 0 aliphatic rings. The molecule has 1 aromatic heterocycles. The van der Waals surface area contributed by atoms with Gasteiger partial charge >= 0.3 is 0 Å². The topological polar surface area (TPSA) is 84.6 Å². The molecule has 0 spiro atoms. The van der Waals surface area contributed by atoms with Gasteiger partial charge in [0, 0.05) is 6.54 Å². The van der Waals surface area contributed by atoms with Crippen LogP contribution < -0.4 is 10.1 Å². The first-order chi connectivity index (χ1) is 11.0. The highest BCUT2D eigenvalue weighted by atomic mass is 35.5. The summed E-state index contributed by atoms with van der Waals surface area (Å²) in [5.41, 5.74) is 0.111. The lowest BCUT2D eigenvalue weighted by molar-refractivity contribution is 0.0940. The van der Waals surface area contributed by atoms with Gasteiger partial charge in [0.25, 0.3) is 5.91 Å². The summed E-state index contributed by atoms with van der Waals surface area (Å²) in [6.45, 7) is 1.92. The monoisotopic (exact) mass is 342 g/mol. The molecule has 0 aliphatic carbocycles. The maximum Gasteiger partial charge on any atom is 0.273 e. The van der Waals surface area contributed by atoms with Crippen molar-refractivity contribution in [2.75, 3.05) is 6.54 Å². The summed E-state index contributed by atoms with van der Waals surface area (Å²) in [5.74, 6) is -0.393. The van der Waals surface area contributed by atoms with Gasteiger partial charge in [-0.05, 0) is 31.5 Å². The summed E-state index contributed by atoms with van der Waals surface area (Å²) < 4.78 is 23.4. The number of aromatic nitrogens is 1. The van der Waals surface area contributed by atoms with Gasteiger partial charge in [-0.15, -0.1) is 0 Å². The van der Waals surface area contributed by atoms with Gasteiger partial charge in [0.15, 0.2) is 12.3 Å². The number of oxazole rings is 1. The summed E-state index contributed by atoms with van der Waals surface area (Å²) in [7, 11) is 0. The van der Waals surface area contributed by atoms with Crippen LogP contribution in [0.3, 0.4) is 0 Å². The number of amides is 1. The van der Waals surface area contributed by atoms with Crippen LogP contribution >= 0.6 is 11.6 Å². The zero-order valence-electron chi connectivity index (χ0n) is 12.4. The molecule has 1 atom stereocenters. The number of hydrogen-bond donors (Lipinski definition) is 2. The van der Waals surface area contributed by atoms with Crippen LogP contribution in [0.25, 0.3) is 0 Å². The molecule has 0 saturated heterocycles. The molecule has 0 bridgehead atoms. The number of ether oxygens (including phenoxy) is 1. The van der Waals surface area contributed by atoms with Gasteiger partial charge in [-0.2, -0.15) is 0 Å². The number of carbonyl (C=O) groups is 1. The summed E-state index contributed by atoms with van der Waals surface area (Å²) in [4.78, 5) is 15.8. The molecule has 8 heteroatoms. The van der Waals surface area contributed by atoms with Crippen LogP contribution in [0.1, 0.15) is 29.7 Å². The third kappa shape index (κ3) is 5.22. The van der Waals surface area contributed by atoms with E-state index in [4.69, 9.17) is 25.9 Å². The van der Waals surface area contributed by atoms with Crippen molar-refractivity contribution in [2.45, 2.75) is 26.1 Å². The Kier molecular flexibility index (Phi) is 5.95. The molecule has 2 N–H and O–H groups in total. The zero-order chi connectivity index (χ0) is 16.8. The van der Waals surface area contributed by atoms with Crippen molar-refractivity contribution in [3.63, 3.8) is 0 Å². The minimum Gasteiger partial charge on any atom is -0.482 e. The highest BCUT2D eigenvalue weighted by molar-refractivity contribution is 6.32. The first kappa shape index (κ1) is 17.2.